The van der Waals surface area contributed by atoms with Gasteiger partial charge in [-0.1, -0.05) is 18.2 Å². The summed E-state index contributed by atoms with van der Waals surface area (Å²) >= 11 is 0. The summed E-state index contributed by atoms with van der Waals surface area (Å²) < 4.78 is 41.7. The van der Waals surface area contributed by atoms with Crippen molar-refractivity contribution in [3.8, 4) is 17.2 Å². The number of carbonyl (C=O) groups is 1. The first-order valence-electron chi connectivity index (χ1n) is 10.9. The summed E-state index contributed by atoms with van der Waals surface area (Å²) in [4.78, 5) is 12.3. The smallest absolute Gasteiger partial charge is 0.333 e. The van der Waals surface area contributed by atoms with Gasteiger partial charge in [-0.05, 0) is 61.6 Å². The van der Waals surface area contributed by atoms with Crippen LogP contribution in [0.1, 0.15) is 31.1 Å². The number of halogens is 1. The van der Waals surface area contributed by atoms with E-state index in [-0.39, 0.29) is 36.3 Å². The van der Waals surface area contributed by atoms with Crippen molar-refractivity contribution in [2.45, 2.75) is 26.4 Å². The van der Waals surface area contributed by atoms with E-state index in [0.717, 1.165) is 11.1 Å². The predicted molar refractivity (Wildman–Crippen MR) is 122 cm³/mol. The van der Waals surface area contributed by atoms with Crippen LogP contribution in [0.4, 0.5) is 4.39 Å². The quantitative estimate of drug-likeness (QED) is 0.393. The van der Waals surface area contributed by atoms with Crippen LogP contribution >= 0.6 is 0 Å². The number of benzene rings is 2. The number of rotatable bonds is 9. The first kappa shape index (κ1) is 24.6. The maximum atomic E-state index is 13.4. The normalized spacial score (nSPS) is 20.4. The average Bonchev–Trinajstić information content (AvgIpc) is 3.24. The van der Waals surface area contributed by atoms with Gasteiger partial charge in [-0.2, -0.15) is 0 Å². The third kappa shape index (κ3) is 5.66. The summed E-state index contributed by atoms with van der Waals surface area (Å²) in [5.41, 5.74) is 2.39. The lowest BCUT2D eigenvalue weighted by molar-refractivity contribution is -0.141. The molecule has 3 rings (SSSR count). The molecule has 1 aliphatic heterocycles. The number of methoxy groups -OCH3 is 3. The SMILES string of the molecule is C/C=C(/C)C(=O)OC[C@H]1[C@@H](Cc2ccc(F)cc2)CO[C@@H]1c1cc(OC)c(OC)c(OC)c1. The molecule has 0 saturated carbocycles. The zero-order valence-corrected chi connectivity index (χ0v) is 19.7. The highest BCUT2D eigenvalue weighted by atomic mass is 19.1. The van der Waals surface area contributed by atoms with Crippen LogP contribution in [0.2, 0.25) is 0 Å². The number of hydrogen-bond acceptors (Lipinski definition) is 6. The molecule has 1 fully saturated rings. The van der Waals surface area contributed by atoms with Crippen molar-refractivity contribution < 1.29 is 32.9 Å². The van der Waals surface area contributed by atoms with Crippen LogP contribution in [0.15, 0.2) is 48.0 Å². The third-order valence-electron chi connectivity index (χ3n) is 6.07. The molecule has 0 aliphatic carbocycles. The van der Waals surface area contributed by atoms with E-state index in [9.17, 15) is 9.18 Å². The standard InChI is InChI=1S/C26H31FO6/c1-6-16(2)26(28)33-15-21-19(11-17-7-9-20(27)10-8-17)14-32-24(21)18-12-22(29-3)25(31-5)23(13-18)30-4/h6-10,12-13,19,21,24H,11,14-15H2,1-5H3/b16-6-/t19-,21-,24+/m0/s1. The van der Waals surface area contributed by atoms with Crippen molar-refractivity contribution in [2.24, 2.45) is 11.8 Å². The topological polar surface area (TPSA) is 63.2 Å². The number of ether oxygens (including phenoxy) is 5. The van der Waals surface area contributed by atoms with Gasteiger partial charge in [0.25, 0.3) is 0 Å². The minimum atomic E-state index is -0.353. The van der Waals surface area contributed by atoms with E-state index >= 15 is 0 Å². The van der Waals surface area contributed by atoms with Crippen LogP contribution in [-0.2, 0) is 20.7 Å². The molecule has 0 unspecified atom stereocenters. The van der Waals surface area contributed by atoms with Gasteiger partial charge in [0.2, 0.25) is 5.75 Å². The van der Waals surface area contributed by atoms with Gasteiger partial charge >= 0.3 is 5.97 Å². The summed E-state index contributed by atoms with van der Waals surface area (Å²) in [5.74, 6) is 0.870. The van der Waals surface area contributed by atoms with Crippen molar-refractivity contribution in [1.29, 1.82) is 0 Å². The Hall–Kier alpha value is -3.06. The number of hydrogen-bond donors (Lipinski definition) is 0. The monoisotopic (exact) mass is 458 g/mol. The first-order chi connectivity index (χ1) is 15.9. The van der Waals surface area contributed by atoms with Crippen LogP contribution in [0.5, 0.6) is 17.2 Å². The van der Waals surface area contributed by atoms with Crippen LogP contribution in [0.3, 0.4) is 0 Å². The molecule has 0 amide bonds. The molecule has 2 aromatic rings. The van der Waals surface area contributed by atoms with E-state index in [1.165, 1.54) is 12.1 Å². The molecule has 3 atom stereocenters. The molecule has 6 nitrogen and oxygen atoms in total. The van der Waals surface area contributed by atoms with Gasteiger partial charge in [-0.25, -0.2) is 9.18 Å². The number of allylic oxidation sites excluding steroid dienone is 1. The number of carbonyl (C=O) groups excluding carboxylic acids is 1. The van der Waals surface area contributed by atoms with Crippen LogP contribution in [0, 0.1) is 17.7 Å². The van der Waals surface area contributed by atoms with Gasteiger partial charge in [-0.3, -0.25) is 0 Å². The molecule has 1 aliphatic rings. The average molecular weight is 459 g/mol. The van der Waals surface area contributed by atoms with E-state index in [0.29, 0.717) is 35.8 Å². The fourth-order valence-electron chi connectivity index (χ4n) is 4.09. The van der Waals surface area contributed by atoms with Gasteiger partial charge in [0.05, 0.1) is 40.6 Å². The highest BCUT2D eigenvalue weighted by Crippen LogP contribution is 2.46. The molecule has 1 heterocycles. The Morgan fingerprint density at radius 1 is 1.09 bits per heavy atom. The Bertz CT molecular complexity index is 960. The molecule has 0 aromatic heterocycles. The van der Waals surface area contributed by atoms with Crippen LogP contribution in [-0.4, -0.2) is 40.5 Å². The van der Waals surface area contributed by atoms with Gasteiger partial charge in [0.15, 0.2) is 11.5 Å². The summed E-state index contributed by atoms with van der Waals surface area (Å²) in [7, 11) is 4.68. The summed E-state index contributed by atoms with van der Waals surface area (Å²) in [6.07, 6.45) is 2.05. The molecule has 2 aromatic carbocycles. The zero-order valence-electron chi connectivity index (χ0n) is 19.7. The highest BCUT2D eigenvalue weighted by Gasteiger charge is 2.40. The van der Waals surface area contributed by atoms with Crippen molar-refractivity contribution in [2.75, 3.05) is 34.5 Å². The summed E-state index contributed by atoms with van der Waals surface area (Å²) in [6, 6.07) is 10.2. The molecule has 0 N–H and O–H groups in total. The van der Waals surface area contributed by atoms with E-state index in [1.807, 2.05) is 12.1 Å². The Kier molecular flexibility index (Phi) is 8.33. The molecule has 1 saturated heterocycles. The molecular formula is C26H31FO6. The van der Waals surface area contributed by atoms with Crippen molar-refractivity contribution in [1.82, 2.24) is 0 Å². The highest BCUT2D eigenvalue weighted by molar-refractivity contribution is 5.87. The van der Waals surface area contributed by atoms with Gasteiger partial charge in [0, 0.05) is 11.5 Å². The molecular weight excluding hydrogens is 427 g/mol. The minimum absolute atomic E-state index is 0.0678. The van der Waals surface area contributed by atoms with Crippen molar-refractivity contribution in [3.05, 3.63) is 65.0 Å². The third-order valence-corrected chi connectivity index (χ3v) is 6.07. The predicted octanol–water partition coefficient (Wildman–Crippen LogP) is 4.91. The Morgan fingerprint density at radius 3 is 2.27 bits per heavy atom. The van der Waals surface area contributed by atoms with Crippen molar-refractivity contribution in [3.63, 3.8) is 0 Å². The minimum Gasteiger partial charge on any atom is -0.493 e. The summed E-state index contributed by atoms with van der Waals surface area (Å²) in [6.45, 7) is 4.19. The van der Waals surface area contributed by atoms with Gasteiger partial charge in [0.1, 0.15) is 5.82 Å². The second-order valence-electron chi connectivity index (χ2n) is 8.04. The fraction of sp³-hybridized carbons (Fsp3) is 0.423. The van der Waals surface area contributed by atoms with Gasteiger partial charge < -0.3 is 23.7 Å². The second-order valence-corrected chi connectivity index (χ2v) is 8.04. The summed E-state index contributed by atoms with van der Waals surface area (Å²) in [5, 5.41) is 0. The van der Waals surface area contributed by atoms with Crippen LogP contribution in [0.25, 0.3) is 0 Å². The lowest BCUT2D eigenvalue weighted by atomic mass is 9.84. The Labute approximate surface area is 194 Å². The molecule has 178 valence electrons. The lowest BCUT2D eigenvalue weighted by Gasteiger charge is -2.24. The first-order valence-corrected chi connectivity index (χ1v) is 10.9. The molecule has 33 heavy (non-hydrogen) atoms. The molecule has 7 heteroatoms. The number of esters is 1. The second kappa shape index (κ2) is 11.2. The van der Waals surface area contributed by atoms with E-state index in [4.69, 9.17) is 23.7 Å². The van der Waals surface area contributed by atoms with Gasteiger partial charge in [-0.15, -0.1) is 0 Å². The van der Waals surface area contributed by atoms with E-state index in [2.05, 4.69) is 0 Å². The van der Waals surface area contributed by atoms with E-state index in [1.54, 1.807) is 53.4 Å². The molecule has 0 spiro atoms. The Balaban J connectivity index is 1.91. The molecule has 0 bridgehead atoms. The van der Waals surface area contributed by atoms with Crippen LogP contribution < -0.4 is 14.2 Å². The van der Waals surface area contributed by atoms with E-state index < -0.39 is 0 Å². The molecule has 0 radical (unpaired) electrons. The maximum absolute atomic E-state index is 13.4. The Morgan fingerprint density at radius 2 is 1.73 bits per heavy atom. The largest absolute Gasteiger partial charge is 0.493 e. The zero-order chi connectivity index (χ0) is 24.0. The maximum Gasteiger partial charge on any atom is 0.333 e. The van der Waals surface area contributed by atoms with Crippen molar-refractivity contribution >= 4 is 5.97 Å². The fourth-order valence-corrected chi connectivity index (χ4v) is 4.09. The lowest BCUT2D eigenvalue weighted by Crippen LogP contribution is -2.24.